The Bertz CT molecular complexity index is 3220. The standard InChI is InChI=1S/C52H33NOS/c1-2-18-41-34(12-1)13-9-21-42(41)35-28-30-38(31-29-35)53(39-16-7-14-36(32-39)43-22-11-26-49-51(43)47-20-3-5-25-48(47)54-49)40-17-8-15-37(33-40)44-23-10-24-46-45-19-4-6-27-50(45)55-52(44)46/h1-33H. The summed E-state index contributed by atoms with van der Waals surface area (Å²) >= 11 is 1.87. The van der Waals surface area contributed by atoms with E-state index in [9.17, 15) is 0 Å². The summed E-state index contributed by atoms with van der Waals surface area (Å²) in [5.74, 6) is 0. The van der Waals surface area contributed by atoms with Crippen molar-refractivity contribution in [2.24, 2.45) is 0 Å². The van der Waals surface area contributed by atoms with Crippen molar-refractivity contribution in [2.45, 2.75) is 0 Å². The van der Waals surface area contributed by atoms with Gasteiger partial charge in [0.25, 0.3) is 0 Å². The number of furan rings is 1. The first-order valence-electron chi connectivity index (χ1n) is 18.7. The van der Waals surface area contributed by atoms with Gasteiger partial charge in [0.05, 0.1) is 0 Å². The molecule has 2 heterocycles. The van der Waals surface area contributed by atoms with E-state index in [4.69, 9.17) is 4.42 Å². The predicted octanol–water partition coefficient (Wildman–Crippen LogP) is 15.6. The van der Waals surface area contributed by atoms with Gasteiger partial charge in [0, 0.05) is 48.0 Å². The van der Waals surface area contributed by atoms with Crippen LogP contribution >= 0.6 is 11.3 Å². The van der Waals surface area contributed by atoms with E-state index in [2.05, 4.69) is 193 Å². The third kappa shape index (κ3) is 5.32. The Balaban J connectivity index is 1.08. The second kappa shape index (κ2) is 12.9. The minimum Gasteiger partial charge on any atom is -0.456 e. The zero-order valence-electron chi connectivity index (χ0n) is 29.8. The number of anilines is 3. The molecule has 0 saturated carbocycles. The van der Waals surface area contributed by atoms with Gasteiger partial charge in [0.1, 0.15) is 11.2 Å². The number of hydrogen-bond donors (Lipinski definition) is 0. The smallest absolute Gasteiger partial charge is 0.136 e. The second-order valence-electron chi connectivity index (χ2n) is 14.1. The van der Waals surface area contributed by atoms with E-state index in [0.717, 1.165) is 50.1 Å². The molecular weight excluding hydrogens is 687 g/mol. The number of rotatable bonds is 6. The maximum absolute atomic E-state index is 6.30. The van der Waals surface area contributed by atoms with Crippen LogP contribution in [0.2, 0.25) is 0 Å². The molecule has 0 aliphatic heterocycles. The van der Waals surface area contributed by atoms with Gasteiger partial charge in [0.15, 0.2) is 0 Å². The van der Waals surface area contributed by atoms with Gasteiger partial charge < -0.3 is 9.32 Å². The van der Waals surface area contributed by atoms with E-state index in [1.54, 1.807) is 0 Å². The Labute approximate surface area is 322 Å². The molecule has 0 atom stereocenters. The van der Waals surface area contributed by atoms with Crippen LogP contribution in [0.1, 0.15) is 0 Å². The predicted molar refractivity (Wildman–Crippen MR) is 235 cm³/mol. The minimum absolute atomic E-state index is 0.896. The maximum Gasteiger partial charge on any atom is 0.136 e. The third-order valence-corrected chi connectivity index (χ3v) is 12.1. The van der Waals surface area contributed by atoms with Crippen LogP contribution in [-0.2, 0) is 0 Å². The molecule has 55 heavy (non-hydrogen) atoms. The van der Waals surface area contributed by atoms with Crippen LogP contribution in [0.15, 0.2) is 205 Å². The number of nitrogens with zero attached hydrogens (tertiary/aromatic N) is 1. The van der Waals surface area contributed by atoms with Crippen molar-refractivity contribution in [1.82, 2.24) is 0 Å². The molecule has 2 aromatic heterocycles. The van der Waals surface area contributed by atoms with Crippen molar-refractivity contribution in [1.29, 1.82) is 0 Å². The van der Waals surface area contributed by atoms with Gasteiger partial charge in [-0.25, -0.2) is 0 Å². The first-order valence-corrected chi connectivity index (χ1v) is 19.5. The largest absolute Gasteiger partial charge is 0.456 e. The first kappa shape index (κ1) is 31.6. The molecule has 0 N–H and O–H groups in total. The highest BCUT2D eigenvalue weighted by molar-refractivity contribution is 7.26. The number of para-hydroxylation sites is 1. The van der Waals surface area contributed by atoms with E-state index in [1.807, 2.05) is 23.5 Å². The Kier molecular flexibility index (Phi) is 7.39. The van der Waals surface area contributed by atoms with E-state index < -0.39 is 0 Å². The number of benzene rings is 9. The summed E-state index contributed by atoms with van der Waals surface area (Å²) < 4.78 is 8.93. The molecular formula is C52H33NOS. The number of thiophene rings is 1. The van der Waals surface area contributed by atoms with Crippen LogP contribution in [0.4, 0.5) is 17.1 Å². The molecule has 0 radical (unpaired) electrons. The fourth-order valence-corrected chi connectivity index (χ4v) is 9.57. The molecule has 0 saturated heterocycles. The Morgan fingerprint density at radius 1 is 0.364 bits per heavy atom. The molecule has 9 aromatic carbocycles. The van der Waals surface area contributed by atoms with Gasteiger partial charge in [-0.1, -0.05) is 146 Å². The third-order valence-electron chi connectivity index (χ3n) is 10.9. The molecule has 0 aliphatic rings. The minimum atomic E-state index is 0.896. The van der Waals surface area contributed by atoms with Gasteiger partial charge in [-0.05, 0) is 98.8 Å². The van der Waals surface area contributed by atoms with Crippen LogP contribution in [0.5, 0.6) is 0 Å². The van der Waals surface area contributed by atoms with Crippen LogP contribution in [-0.4, -0.2) is 0 Å². The zero-order chi connectivity index (χ0) is 36.3. The van der Waals surface area contributed by atoms with E-state index in [1.165, 1.54) is 53.2 Å². The molecule has 11 rings (SSSR count). The fraction of sp³-hybridized carbons (Fsp3) is 0. The Hall–Kier alpha value is -6.94. The van der Waals surface area contributed by atoms with Gasteiger partial charge in [-0.2, -0.15) is 0 Å². The summed E-state index contributed by atoms with van der Waals surface area (Å²) in [6.45, 7) is 0. The van der Waals surface area contributed by atoms with Crippen LogP contribution in [0.25, 0.3) is 86.3 Å². The van der Waals surface area contributed by atoms with Gasteiger partial charge in [-0.3, -0.25) is 0 Å². The van der Waals surface area contributed by atoms with Crippen LogP contribution < -0.4 is 4.90 Å². The molecule has 0 aliphatic carbocycles. The molecule has 3 heteroatoms. The maximum atomic E-state index is 6.30. The van der Waals surface area contributed by atoms with Gasteiger partial charge in [-0.15, -0.1) is 11.3 Å². The summed E-state index contributed by atoms with van der Waals surface area (Å²) in [4.78, 5) is 2.39. The Morgan fingerprint density at radius 2 is 0.945 bits per heavy atom. The molecule has 2 nitrogen and oxygen atoms in total. The molecule has 0 bridgehead atoms. The molecule has 0 spiro atoms. The van der Waals surface area contributed by atoms with Crippen molar-refractivity contribution in [3.05, 3.63) is 200 Å². The number of fused-ring (bicyclic) bond motifs is 7. The Morgan fingerprint density at radius 3 is 1.78 bits per heavy atom. The van der Waals surface area contributed by atoms with Crippen LogP contribution in [0.3, 0.4) is 0 Å². The molecule has 0 unspecified atom stereocenters. The highest BCUT2D eigenvalue weighted by Gasteiger charge is 2.18. The van der Waals surface area contributed by atoms with Crippen molar-refractivity contribution >= 4 is 81.3 Å². The highest BCUT2D eigenvalue weighted by atomic mass is 32.1. The number of hydrogen-bond acceptors (Lipinski definition) is 3. The summed E-state index contributed by atoms with van der Waals surface area (Å²) in [6.07, 6.45) is 0. The summed E-state index contributed by atoms with van der Waals surface area (Å²) in [6, 6.07) is 72.2. The fourth-order valence-electron chi connectivity index (χ4n) is 8.33. The van der Waals surface area contributed by atoms with Crippen molar-refractivity contribution < 1.29 is 4.42 Å². The first-order chi connectivity index (χ1) is 27.3. The average molecular weight is 720 g/mol. The molecule has 11 aromatic rings. The molecule has 0 amide bonds. The average Bonchev–Trinajstić information content (AvgIpc) is 3.83. The monoisotopic (exact) mass is 719 g/mol. The quantitative estimate of drug-likeness (QED) is 0.170. The molecule has 258 valence electrons. The lowest BCUT2D eigenvalue weighted by atomic mass is 9.97. The highest BCUT2D eigenvalue weighted by Crippen LogP contribution is 2.44. The topological polar surface area (TPSA) is 16.4 Å². The van der Waals surface area contributed by atoms with Crippen molar-refractivity contribution in [3.8, 4) is 33.4 Å². The SMILES string of the molecule is c1cc(-c2cccc3c2sc2ccccc23)cc(N(c2ccc(-c3cccc4ccccc34)cc2)c2cccc(-c3cccc4oc5ccccc5c34)c2)c1. The summed E-state index contributed by atoms with van der Waals surface area (Å²) in [7, 11) is 0. The van der Waals surface area contributed by atoms with Crippen LogP contribution in [0, 0.1) is 0 Å². The van der Waals surface area contributed by atoms with E-state index >= 15 is 0 Å². The van der Waals surface area contributed by atoms with Gasteiger partial charge >= 0.3 is 0 Å². The van der Waals surface area contributed by atoms with Crippen molar-refractivity contribution in [3.63, 3.8) is 0 Å². The zero-order valence-corrected chi connectivity index (χ0v) is 30.6. The lowest BCUT2D eigenvalue weighted by molar-refractivity contribution is 0.669. The van der Waals surface area contributed by atoms with Crippen molar-refractivity contribution in [2.75, 3.05) is 4.90 Å². The summed E-state index contributed by atoms with van der Waals surface area (Å²) in [5, 5.41) is 7.38. The second-order valence-corrected chi connectivity index (χ2v) is 15.1. The lowest BCUT2D eigenvalue weighted by Gasteiger charge is -2.27. The van der Waals surface area contributed by atoms with E-state index in [0.29, 0.717) is 0 Å². The lowest BCUT2D eigenvalue weighted by Crippen LogP contribution is -2.10. The molecule has 0 fully saturated rings. The normalized spacial score (nSPS) is 11.6. The summed E-state index contributed by atoms with van der Waals surface area (Å²) in [5.41, 5.74) is 12.2. The van der Waals surface area contributed by atoms with E-state index in [-0.39, 0.29) is 0 Å². The van der Waals surface area contributed by atoms with Gasteiger partial charge in [0.2, 0.25) is 0 Å².